The molecule has 8 nitrogen and oxygen atoms in total. The van der Waals surface area contributed by atoms with Crippen LogP contribution in [0.15, 0.2) is 58.9 Å². The normalized spacial score (nSPS) is 11.4. The number of nitrogens with zero attached hydrogens (tertiary/aromatic N) is 3. The average molecular weight is 436 g/mol. The maximum absolute atomic E-state index is 13.5. The van der Waals surface area contributed by atoms with Gasteiger partial charge in [-0.25, -0.2) is 12.8 Å². The van der Waals surface area contributed by atoms with Gasteiger partial charge >= 0.3 is 0 Å². The molecule has 0 aliphatic rings. The van der Waals surface area contributed by atoms with Gasteiger partial charge in [0.15, 0.2) is 18.2 Å². The lowest BCUT2D eigenvalue weighted by atomic mass is 10.2. The van der Waals surface area contributed by atoms with Gasteiger partial charge in [-0.15, -0.1) is 10.2 Å². The average Bonchev–Trinajstić information content (AvgIpc) is 3.17. The number of carbonyl (C=O) groups excluding carboxylic acids is 1. The Hall–Kier alpha value is -2.89. The van der Waals surface area contributed by atoms with Crippen molar-refractivity contribution in [3.8, 4) is 5.75 Å². The molecule has 2 aromatic carbocycles. The van der Waals surface area contributed by atoms with E-state index < -0.39 is 28.4 Å². The molecule has 0 radical (unpaired) electrons. The zero-order chi connectivity index (χ0) is 20.9. The number of aromatic nitrogens is 2. The molecule has 29 heavy (non-hydrogen) atoms. The lowest BCUT2D eigenvalue weighted by molar-refractivity contribution is -0.118. The summed E-state index contributed by atoms with van der Waals surface area (Å²) < 4.78 is 44.8. The summed E-state index contributed by atoms with van der Waals surface area (Å²) in [6, 6.07) is 14.8. The van der Waals surface area contributed by atoms with Gasteiger partial charge in [-0.3, -0.25) is 10.1 Å². The maximum Gasteiger partial charge on any atom is 0.272 e. The summed E-state index contributed by atoms with van der Waals surface area (Å²) in [4.78, 5) is 12.0. The first-order valence-corrected chi connectivity index (χ1v) is 10.6. The minimum atomic E-state index is -3.87. The van der Waals surface area contributed by atoms with E-state index in [0.717, 1.165) is 21.2 Å². The molecule has 152 valence electrons. The third-order valence-corrected chi connectivity index (χ3v) is 6.72. The molecule has 1 N–H and O–H groups in total. The van der Waals surface area contributed by atoms with Gasteiger partial charge in [-0.2, -0.15) is 4.31 Å². The molecule has 3 aromatic rings. The molecule has 0 aliphatic carbocycles. The van der Waals surface area contributed by atoms with E-state index in [9.17, 15) is 17.6 Å². The zero-order valence-corrected chi connectivity index (χ0v) is 16.9. The Balaban J connectivity index is 1.60. The highest BCUT2D eigenvalue weighted by molar-refractivity contribution is 7.91. The molecular formula is C18H17FN4O4S2. The van der Waals surface area contributed by atoms with Crippen molar-refractivity contribution < 1.29 is 22.3 Å². The number of benzene rings is 2. The number of rotatable bonds is 8. The SMILES string of the molecule is CN(Cc1ccccc1)S(=O)(=O)c1nnc(NC(=O)COc2ccccc2F)s1. The number of hydrogen-bond acceptors (Lipinski definition) is 7. The van der Waals surface area contributed by atoms with Gasteiger partial charge in [-0.05, 0) is 17.7 Å². The minimum Gasteiger partial charge on any atom is -0.481 e. The smallest absolute Gasteiger partial charge is 0.272 e. The standard InChI is InChI=1S/C18H17FN4O4S2/c1-23(11-13-7-3-2-4-8-13)29(25,26)18-22-21-17(28-18)20-16(24)12-27-15-10-6-5-9-14(15)19/h2-10H,11-12H2,1H3,(H,20,21,24). The van der Waals surface area contributed by atoms with Crippen molar-refractivity contribution in [2.24, 2.45) is 0 Å². The molecule has 0 spiro atoms. The molecular weight excluding hydrogens is 419 g/mol. The lowest BCUT2D eigenvalue weighted by Gasteiger charge is -2.14. The van der Waals surface area contributed by atoms with Crippen LogP contribution in [-0.2, 0) is 21.4 Å². The number of carbonyl (C=O) groups is 1. The molecule has 11 heteroatoms. The Bertz CT molecular complexity index is 1090. The van der Waals surface area contributed by atoms with Crippen molar-refractivity contribution in [1.82, 2.24) is 14.5 Å². The Morgan fingerprint density at radius 3 is 2.55 bits per heavy atom. The number of hydrogen-bond donors (Lipinski definition) is 1. The summed E-state index contributed by atoms with van der Waals surface area (Å²) >= 11 is 0.718. The van der Waals surface area contributed by atoms with Crippen molar-refractivity contribution in [2.45, 2.75) is 10.9 Å². The van der Waals surface area contributed by atoms with E-state index in [1.165, 1.54) is 25.2 Å². The van der Waals surface area contributed by atoms with Crippen LogP contribution in [0.25, 0.3) is 0 Å². The molecule has 0 saturated carbocycles. The maximum atomic E-state index is 13.5. The summed E-state index contributed by atoms with van der Waals surface area (Å²) in [5.74, 6) is -1.28. The van der Waals surface area contributed by atoms with E-state index in [2.05, 4.69) is 15.5 Å². The predicted molar refractivity (Wildman–Crippen MR) is 106 cm³/mol. The largest absolute Gasteiger partial charge is 0.481 e. The van der Waals surface area contributed by atoms with Gasteiger partial charge in [0.05, 0.1) is 0 Å². The number of amides is 1. The second-order valence-electron chi connectivity index (χ2n) is 5.89. The predicted octanol–water partition coefficient (Wildman–Crippen LogP) is 2.52. The van der Waals surface area contributed by atoms with E-state index >= 15 is 0 Å². The van der Waals surface area contributed by atoms with Crippen LogP contribution in [0.4, 0.5) is 9.52 Å². The molecule has 3 rings (SSSR count). The summed E-state index contributed by atoms with van der Waals surface area (Å²) in [6.07, 6.45) is 0. The van der Waals surface area contributed by atoms with E-state index in [0.29, 0.717) is 0 Å². The fraction of sp³-hybridized carbons (Fsp3) is 0.167. The van der Waals surface area contributed by atoms with Gasteiger partial charge in [0.1, 0.15) is 0 Å². The van der Waals surface area contributed by atoms with Crippen LogP contribution in [0, 0.1) is 5.82 Å². The van der Waals surface area contributed by atoms with Crippen LogP contribution < -0.4 is 10.1 Å². The molecule has 0 atom stereocenters. The van der Waals surface area contributed by atoms with Crippen LogP contribution in [-0.4, -0.2) is 42.5 Å². The number of anilines is 1. The first-order chi connectivity index (χ1) is 13.9. The van der Waals surface area contributed by atoms with E-state index in [4.69, 9.17) is 4.74 Å². The van der Waals surface area contributed by atoms with Gasteiger partial charge < -0.3 is 4.74 Å². The lowest BCUT2D eigenvalue weighted by Crippen LogP contribution is -2.26. The van der Waals surface area contributed by atoms with Crippen molar-refractivity contribution in [2.75, 3.05) is 19.0 Å². The summed E-state index contributed by atoms with van der Waals surface area (Å²) in [5.41, 5.74) is 0.821. The highest BCUT2D eigenvalue weighted by Gasteiger charge is 2.26. The van der Waals surface area contributed by atoms with E-state index in [1.807, 2.05) is 30.3 Å². The van der Waals surface area contributed by atoms with Crippen molar-refractivity contribution >= 4 is 32.4 Å². The number of halogens is 1. The van der Waals surface area contributed by atoms with Crippen LogP contribution >= 0.6 is 11.3 Å². The first-order valence-electron chi connectivity index (χ1n) is 8.37. The summed E-state index contributed by atoms with van der Waals surface area (Å²) in [5, 5.41) is 9.73. The topological polar surface area (TPSA) is 101 Å². The van der Waals surface area contributed by atoms with Crippen molar-refractivity contribution in [1.29, 1.82) is 0 Å². The van der Waals surface area contributed by atoms with Crippen molar-refractivity contribution in [3.63, 3.8) is 0 Å². The van der Waals surface area contributed by atoms with Crippen LogP contribution in [0.2, 0.25) is 0 Å². The molecule has 1 heterocycles. The second kappa shape index (κ2) is 9.07. The van der Waals surface area contributed by atoms with E-state index in [-0.39, 0.29) is 21.8 Å². The monoisotopic (exact) mass is 436 g/mol. The van der Waals surface area contributed by atoms with Gasteiger partial charge in [0, 0.05) is 13.6 Å². The Morgan fingerprint density at radius 1 is 1.14 bits per heavy atom. The molecule has 1 amide bonds. The molecule has 0 unspecified atom stereocenters. The van der Waals surface area contributed by atoms with Crippen LogP contribution in [0.5, 0.6) is 5.75 Å². The molecule has 1 aromatic heterocycles. The molecule has 0 saturated heterocycles. The zero-order valence-electron chi connectivity index (χ0n) is 15.3. The Kier molecular flexibility index (Phi) is 6.52. The Morgan fingerprint density at radius 2 is 1.83 bits per heavy atom. The van der Waals surface area contributed by atoms with Crippen LogP contribution in [0.1, 0.15) is 5.56 Å². The molecule has 0 bridgehead atoms. The van der Waals surface area contributed by atoms with Gasteiger partial charge in [0.2, 0.25) is 9.47 Å². The summed E-state index contributed by atoms with van der Waals surface area (Å²) in [6.45, 7) is -0.294. The summed E-state index contributed by atoms with van der Waals surface area (Å²) in [7, 11) is -2.43. The van der Waals surface area contributed by atoms with Crippen LogP contribution in [0.3, 0.4) is 0 Å². The number of sulfonamides is 1. The Labute approximate surface area is 171 Å². The quantitative estimate of drug-likeness (QED) is 0.545. The number of para-hydroxylation sites is 1. The number of ether oxygens (including phenoxy) is 1. The van der Waals surface area contributed by atoms with Crippen molar-refractivity contribution in [3.05, 3.63) is 66.0 Å². The highest BCUT2D eigenvalue weighted by Crippen LogP contribution is 2.23. The molecule has 0 aliphatic heterocycles. The highest BCUT2D eigenvalue weighted by atomic mass is 32.2. The molecule has 0 fully saturated rings. The first kappa shape index (κ1) is 20.8. The van der Waals surface area contributed by atoms with Gasteiger partial charge in [0.25, 0.3) is 15.9 Å². The number of nitrogens with one attached hydrogen (secondary N) is 1. The fourth-order valence-electron chi connectivity index (χ4n) is 2.28. The minimum absolute atomic E-state index is 0.00109. The fourth-order valence-corrected chi connectivity index (χ4v) is 4.55. The van der Waals surface area contributed by atoms with Gasteiger partial charge in [-0.1, -0.05) is 53.8 Å². The third kappa shape index (κ3) is 5.34. The second-order valence-corrected chi connectivity index (χ2v) is 9.08. The van der Waals surface area contributed by atoms with E-state index in [1.54, 1.807) is 6.07 Å². The third-order valence-electron chi connectivity index (χ3n) is 3.73.